The molecule has 2 aliphatic heterocycles. The van der Waals surface area contributed by atoms with Crippen molar-refractivity contribution in [1.82, 2.24) is 19.2 Å². The molecule has 0 bridgehead atoms. The van der Waals surface area contributed by atoms with E-state index in [2.05, 4.69) is 28.8 Å². The summed E-state index contributed by atoms with van der Waals surface area (Å²) in [5.41, 5.74) is 0. The van der Waals surface area contributed by atoms with Gasteiger partial charge in [0.2, 0.25) is 0 Å². The van der Waals surface area contributed by atoms with Gasteiger partial charge in [0, 0.05) is 38.3 Å². The number of piperazine rings is 1. The van der Waals surface area contributed by atoms with E-state index in [0.29, 0.717) is 19.1 Å². The van der Waals surface area contributed by atoms with Gasteiger partial charge in [0.05, 0.1) is 0 Å². The van der Waals surface area contributed by atoms with Gasteiger partial charge in [-0.3, -0.25) is 0 Å². The molecule has 0 unspecified atom stereocenters. The molecule has 2 heterocycles. The third kappa shape index (κ3) is 4.13. The van der Waals surface area contributed by atoms with Gasteiger partial charge < -0.3 is 10.2 Å². The zero-order valence-corrected chi connectivity index (χ0v) is 12.7. The molecular formula is C12H26N4O2S. The highest BCUT2D eigenvalue weighted by Gasteiger charge is 2.29. The number of hydrogen-bond acceptors (Lipinski definition) is 4. The first-order valence-electron chi connectivity index (χ1n) is 7.21. The molecule has 0 amide bonds. The quantitative estimate of drug-likeness (QED) is 0.739. The predicted molar refractivity (Wildman–Crippen MR) is 76.2 cm³/mol. The van der Waals surface area contributed by atoms with Crippen molar-refractivity contribution in [1.29, 1.82) is 0 Å². The third-order valence-electron chi connectivity index (χ3n) is 3.99. The van der Waals surface area contributed by atoms with E-state index in [1.165, 1.54) is 0 Å². The predicted octanol–water partition coefficient (Wildman–Crippen LogP) is -0.401. The van der Waals surface area contributed by atoms with Crippen LogP contribution in [0.1, 0.15) is 26.7 Å². The van der Waals surface area contributed by atoms with Gasteiger partial charge in [0.25, 0.3) is 10.2 Å². The van der Waals surface area contributed by atoms with Crippen LogP contribution in [-0.2, 0) is 10.2 Å². The molecule has 2 rings (SSSR count). The van der Waals surface area contributed by atoms with Gasteiger partial charge in [0.1, 0.15) is 0 Å². The van der Waals surface area contributed by atoms with Crippen LogP contribution >= 0.6 is 0 Å². The normalized spacial score (nSPS) is 25.0. The van der Waals surface area contributed by atoms with E-state index in [1.807, 2.05) is 0 Å². The van der Waals surface area contributed by atoms with Crippen molar-refractivity contribution in [2.75, 3.05) is 39.3 Å². The molecule has 0 saturated carbocycles. The van der Waals surface area contributed by atoms with Crippen molar-refractivity contribution in [3.05, 3.63) is 0 Å². The molecule has 0 aromatic heterocycles. The SMILES string of the molecule is CC(C)N1CCC(NS(=O)(=O)N2CCNCC2)CC1. The van der Waals surface area contributed by atoms with E-state index >= 15 is 0 Å². The molecule has 19 heavy (non-hydrogen) atoms. The Morgan fingerprint density at radius 1 is 1.11 bits per heavy atom. The first-order chi connectivity index (χ1) is 8.99. The Bertz CT molecular complexity index is 371. The van der Waals surface area contributed by atoms with E-state index in [1.54, 1.807) is 4.31 Å². The van der Waals surface area contributed by atoms with Gasteiger partial charge in [-0.1, -0.05) is 0 Å². The second-order valence-electron chi connectivity index (χ2n) is 5.68. The van der Waals surface area contributed by atoms with Gasteiger partial charge in [-0.15, -0.1) is 0 Å². The molecule has 2 fully saturated rings. The van der Waals surface area contributed by atoms with E-state index in [0.717, 1.165) is 39.0 Å². The summed E-state index contributed by atoms with van der Waals surface area (Å²) < 4.78 is 28.9. The van der Waals surface area contributed by atoms with Crippen molar-refractivity contribution in [2.45, 2.75) is 38.8 Å². The molecular weight excluding hydrogens is 264 g/mol. The Kier molecular flexibility index (Phi) is 5.19. The molecule has 0 radical (unpaired) electrons. The lowest BCUT2D eigenvalue weighted by Crippen LogP contribution is -2.54. The Hall–Kier alpha value is -0.210. The van der Waals surface area contributed by atoms with Crippen molar-refractivity contribution >= 4 is 10.2 Å². The first kappa shape index (κ1) is 15.2. The number of piperidine rings is 1. The highest BCUT2D eigenvalue weighted by atomic mass is 32.2. The Balaban J connectivity index is 1.84. The number of likely N-dealkylation sites (tertiary alicyclic amines) is 1. The smallest absolute Gasteiger partial charge is 0.279 e. The molecule has 2 aliphatic rings. The number of nitrogens with one attached hydrogen (secondary N) is 2. The van der Waals surface area contributed by atoms with Crippen LogP contribution in [0.15, 0.2) is 0 Å². The lowest BCUT2D eigenvalue weighted by molar-refractivity contribution is 0.167. The Morgan fingerprint density at radius 2 is 1.68 bits per heavy atom. The molecule has 112 valence electrons. The van der Waals surface area contributed by atoms with Gasteiger partial charge >= 0.3 is 0 Å². The maximum atomic E-state index is 12.2. The number of nitrogens with zero attached hydrogens (tertiary/aromatic N) is 2. The minimum Gasteiger partial charge on any atom is -0.314 e. The van der Waals surface area contributed by atoms with Crippen molar-refractivity contribution < 1.29 is 8.42 Å². The summed E-state index contributed by atoms with van der Waals surface area (Å²) in [5.74, 6) is 0. The Labute approximate surface area is 116 Å². The zero-order chi connectivity index (χ0) is 13.9. The van der Waals surface area contributed by atoms with Crippen LogP contribution in [0.5, 0.6) is 0 Å². The lowest BCUT2D eigenvalue weighted by Gasteiger charge is -2.36. The van der Waals surface area contributed by atoms with Crippen LogP contribution in [0.3, 0.4) is 0 Å². The van der Waals surface area contributed by atoms with Crippen molar-refractivity contribution in [3.63, 3.8) is 0 Å². The van der Waals surface area contributed by atoms with Crippen LogP contribution < -0.4 is 10.0 Å². The molecule has 0 aromatic rings. The van der Waals surface area contributed by atoms with E-state index < -0.39 is 10.2 Å². The lowest BCUT2D eigenvalue weighted by atomic mass is 10.1. The maximum Gasteiger partial charge on any atom is 0.279 e. The van der Waals surface area contributed by atoms with Crippen LogP contribution in [0, 0.1) is 0 Å². The summed E-state index contributed by atoms with van der Waals surface area (Å²) in [6.07, 6.45) is 1.81. The standard InChI is InChI=1S/C12H26N4O2S/c1-11(2)15-7-3-12(4-8-15)14-19(17,18)16-9-5-13-6-10-16/h11-14H,3-10H2,1-2H3. The van der Waals surface area contributed by atoms with E-state index in [9.17, 15) is 8.42 Å². The molecule has 6 nitrogen and oxygen atoms in total. The summed E-state index contributed by atoms with van der Waals surface area (Å²) in [7, 11) is -3.30. The topological polar surface area (TPSA) is 64.7 Å². The van der Waals surface area contributed by atoms with E-state index in [4.69, 9.17) is 0 Å². The molecule has 2 N–H and O–H groups in total. The van der Waals surface area contributed by atoms with Gasteiger partial charge in [-0.05, 0) is 39.8 Å². The summed E-state index contributed by atoms with van der Waals surface area (Å²) in [6.45, 7) is 8.95. The van der Waals surface area contributed by atoms with Crippen LogP contribution in [0.2, 0.25) is 0 Å². The molecule has 0 aromatic carbocycles. The fraction of sp³-hybridized carbons (Fsp3) is 1.00. The average Bonchev–Trinajstić information content (AvgIpc) is 2.40. The maximum absolute atomic E-state index is 12.2. The van der Waals surface area contributed by atoms with Crippen LogP contribution in [0.25, 0.3) is 0 Å². The fourth-order valence-corrected chi connectivity index (χ4v) is 4.17. The highest BCUT2D eigenvalue weighted by Crippen LogP contribution is 2.14. The highest BCUT2D eigenvalue weighted by molar-refractivity contribution is 7.87. The van der Waals surface area contributed by atoms with Gasteiger partial charge in [0.15, 0.2) is 0 Å². The molecule has 0 spiro atoms. The number of rotatable bonds is 4. The molecule has 2 saturated heterocycles. The molecule has 0 aliphatic carbocycles. The minimum atomic E-state index is -3.30. The zero-order valence-electron chi connectivity index (χ0n) is 11.9. The van der Waals surface area contributed by atoms with Crippen molar-refractivity contribution in [3.8, 4) is 0 Å². The summed E-state index contributed by atoms with van der Waals surface area (Å²) in [5, 5.41) is 3.17. The monoisotopic (exact) mass is 290 g/mol. The third-order valence-corrected chi connectivity index (χ3v) is 5.67. The van der Waals surface area contributed by atoms with E-state index in [-0.39, 0.29) is 6.04 Å². The second kappa shape index (κ2) is 6.49. The Morgan fingerprint density at radius 3 is 2.21 bits per heavy atom. The van der Waals surface area contributed by atoms with Gasteiger partial charge in [-0.25, -0.2) is 0 Å². The summed E-state index contributed by atoms with van der Waals surface area (Å²) in [4.78, 5) is 2.40. The van der Waals surface area contributed by atoms with Crippen LogP contribution in [-0.4, -0.2) is 69.0 Å². The first-order valence-corrected chi connectivity index (χ1v) is 8.65. The molecule has 0 atom stereocenters. The second-order valence-corrected chi connectivity index (χ2v) is 7.38. The molecule has 7 heteroatoms. The summed E-state index contributed by atoms with van der Waals surface area (Å²) in [6, 6.07) is 0.639. The van der Waals surface area contributed by atoms with Crippen molar-refractivity contribution in [2.24, 2.45) is 0 Å². The summed E-state index contributed by atoms with van der Waals surface area (Å²) >= 11 is 0. The minimum absolute atomic E-state index is 0.0925. The van der Waals surface area contributed by atoms with Crippen LogP contribution in [0.4, 0.5) is 0 Å². The number of hydrogen-bond donors (Lipinski definition) is 2. The van der Waals surface area contributed by atoms with Gasteiger partial charge in [-0.2, -0.15) is 17.4 Å². The largest absolute Gasteiger partial charge is 0.314 e. The average molecular weight is 290 g/mol. The fourth-order valence-electron chi connectivity index (χ4n) is 2.70.